The third-order valence-electron chi connectivity index (χ3n) is 1.48. The molecule has 2 aromatic carbocycles. The van der Waals surface area contributed by atoms with Gasteiger partial charge in [0.15, 0.2) is 0 Å². The Morgan fingerprint density at radius 2 is 1.26 bits per heavy atom. The van der Waals surface area contributed by atoms with Gasteiger partial charge in [-0.3, -0.25) is 0 Å². The van der Waals surface area contributed by atoms with Crippen LogP contribution in [0.2, 0.25) is 0 Å². The molecule has 2 aromatic rings. The normalized spacial score (nSPS) is 6.89. The van der Waals surface area contributed by atoms with Crippen LogP contribution in [-0.2, 0) is 21.9 Å². The molecule has 19 heavy (non-hydrogen) atoms. The first kappa shape index (κ1) is 22.6. The molecule has 0 saturated carbocycles. The van der Waals surface area contributed by atoms with Gasteiger partial charge in [0, 0.05) is 29.8 Å². The molecule has 0 saturated heterocycles. The van der Waals surface area contributed by atoms with Crippen molar-refractivity contribution < 1.29 is 32.1 Å². The molecule has 4 heteroatoms. The van der Waals surface area contributed by atoms with Gasteiger partial charge < -0.3 is 40.5 Å². The van der Waals surface area contributed by atoms with Crippen LogP contribution in [0.5, 0.6) is 0 Å². The van der Waals surface area contributed by atoms with E-state index in [1.54, 1.807) is 0 Å². The van der Waals surface area contributed by atoms with Crippen molar-refractivity contribution in [3.8, 4) is 0 Å². The molecule has 2 N–H and O–H groups in total. The number of hydrogen-bond acceptors (Lipinski definition) is 2. The number of rotatable bonds is 1. The Labute approximate surface area is 125 Å². The van der Waals surface area contributed by atoms with E-state index in [0.29, 0.717) is 0 Å². The van der Waals surface area contributed by atoms with Gasteiger partial charge in [-0.2, -0.15) is 18.2 Å². The molecular formula is C15H20FeO3-6. The van der Waals surface area contributed by atoms with E-state index < -0.39 is 5.97 Å². The van der Waals surface area contributed by atoms with Gasteiger partial charge in [-0.15, -0.1) is 0 Å². The van der Waals surface area contributed by atoms with Crippen molar-refractivity contribution in [2.45, 2.75) is 6.92 Å². The van der Waals surface area contributed by atoms with Crippen LogP contribution in [0.3, 0.4) is 0 Å². The van der Waals surface area contributed by atoms with Gasteiger partial charge in [0.1, 0.15) is 0 Å². The van der Waals surface area contributed by atoms with E-state index in [1.165, 1.54) is 6.92 Å². The molecular weight excluding hydrogens is 284 g/mol. The number of carbonyl (C=O) groups is 1. The summed E-state index contributed by atoms with van der Waals surface area (Å²) in [5.74, 6) is -0.935. The molecule has 0 heterocycles. The number of hydrogen-bond donors (Lipinski definition) is 2. The zero-order valence-electron chi connectivity index (χ0n) is 11.1. The second kappa shape index (κ2) is 18.7. The minimum absolute atomic E-state index is 0. The first-order valence-electron chi connectivity index (χ1n) is 5.31. The van der Waals surface area contributed by atoms with Crippen LogP contribution in [0.1, 0.15) is 6.92 Å². The van der Waals surface area contributed by atoms with Gasteiger partial charge in [0.2, 0.25) is 0 Å². The van der Waals surface area contributed by atoms with E-state index >= 15 is 0 Å². The SMILES string of the molecule is C=C(C)C(=O)O.CO.[Fe].[cH-]1[cH-][cH-][cH-][cH-]1.c1cc[cH-]c1. The van der Waals surface area contributed by atoms with Gasteiger partial charge in [0.25, 0.3) is 0 Å². The zero-order valence-corrected chi connectivity index (χ0v) is 12.2. The number of aliphatic hydroxyl groups excluding tert-OH is 1. The van der Waals surface area contributed by atoms with Gasteiger partial charge in [-0.1, -0.05) is 6.58 Å². The van der Waals surface area contributed by atoms with Crippen molar-refractivity contribution in [2.75, 3.05) is 7.11 Å². The zero-order chi connectivity index (χ0) is 14.2. The third-order valence-corrected chi connectivity index (χ3v) is 1.48. The van der Waals surface area contributed by atoms with E-state index in [9.17, 15) is 4.79 Å². The smallest absolute Gasteiger partial charge is 0.330 e. The predicted molar refractivity (Wildman–Crippen MR) is 74.7 cm³/mol. The summed E-state index contributed by atoms with van der Waals surface area (Å²) in [6.07, 6.45) is 0. The Kier molecular flexibility index (Phi) is 22.3. The summed E-state index contributed by atoms with van der Waals surface area (Å²) in [5.41, 5.74) is 0.176. The van der Waals surface area contributed by atoms with Crippen molar-refractivity contribution >= 4 is 5.97 Å². The van der Waals surface area contributed by atoms with E-state index in [4.69, 9.17) is 10.2 Å². The van der Waals surface area contributed by atoms with Crippen molar-refractivity contribution in [1.29, 1.82) is 0 Å². The molecule has 0 aliphatic heterocycles. The maximum atomic E-state index is 9.60. The fourth-order valence-electron chi connectivity index (χ4n) is 0.642. The van der Waals surface area contributed by atoms with Gasteiger partial charge >= 0.3 is 5.97 Å². The standard InChI is InChI=1S/2C5H5.C4H6O2.CH4O.Fe/c2*1-2-4-5-3-1;1-3(2)4(5)6;1-2;/h2*1-5H;1H2,2H3,(H,5,6);2H,1H3;/q-5;-1;;;. The largest absolute Gasteiger partial charge is 0.748 e. The molecule has 0 amide bonds. The third kappa shape index (κ3) is 22.1. The first-order chi connectivity index (χ1) is 8.64. The van der Waals surface area contributed by atoms with E-state index in [-0.39, 0.29) is 22.6 Å². The molecule has 0 aliphatic rings. The molecule has 0 radical (unpaired) electrons. The molecule has 2 rings (SSSR count). The van der Waals surface area contributed by atoms with Crippen molar-refractivity contribution in [2.24, 2.45) is 0 Å². The fourth-order valence-corrected chi connectivity index (χ4v) is 0.642. The van der Waals surface area contributed by atoms with Crippen LogP contribution in [-0.4, -0.2) is 23.3 Å². The fraction of sp³-hybridized carbons (Fsp3) is 0.133. The average Bonchev–Trinajstić information content (AvgIpc) is 3.10. The molecule has 0 fully saturated rings. The van der Waals surface area contributed by atoms with Crippen LogP contribution in [0.25, 0.3) is 0 Å². The molecule has 0 unspecified atom stereocenters. The van der Waals surface area contributed by atoms with Crippen molar-refractivity contribution in [3.63, 3.8) is 0 Å². The molecule has 0 spiro atoms. The molecule has 0 bridgehead atoms. The Morgan fingerprint density at radius 3 is 1.37 bits per heavy atom. The molecule has 0 aromatic heterocycles. The van der Waals surface area contributed by atoms with Crippen LogP contribution in [0, 0.1) is 0 Å². The number of aliphatic hydroxyl groups is 1. The predicted octanol–water partition coefficient (Wildman–Crippen LogP) is 3.06. The average molecular weight is 304 g/mol. The van der Waals surface area contributed by atoms with E-state index in [1.807, 2.05) is 60.7 Å². The topological polar surface area (TPSA) is 57.5 Å². The van der Waals surface area contributed by atoms with Crippen LogP contribution >= 0.6 is 0 Å². The molecule has 112 valence electrons. The van der Waals surface area contributed by atoms with Crippen molar-refractivity contribution in [3.05, 3.63) is 72.8 Å². The Bertz CT molecular complexity index is 291. The van der Waals surface area contributed by atoms with Gasteiger partial charge in [0.05, 0.1) is 0 Å². The second-order valence-electron chi connectivity index (χ2n) is 3.01. The summed E-state index contributed by atoms with van der Waals surface area (Å²) < 4.78 is 0. The monoisotopic (exact) mass is 304 g/mol. The second-order valence-corrected chi connectivity index (χ2v) is 3.01. The summed E-state index contributed by atoms with van der Waals surface area (Å²) >= 11 is 0. The maximum Gasteiger partial charge on any atom is 0.330 e. The van der Waals surface area contributed by atoms with Crippen LogP contribution in [0.4, 0.5) is 0 Å². The summed E-state index contributed by atoms with van der Waals surface area (Å²) in [6.45, 7) is 4.60. The van der Waals surface area contributed by atoms with E-state index in [2.05, 4.69) is 6.58 Å². The maximum absolute atomic E-state index is 9.60. The number of carboxylic acid groups (broad SMARTS) is 1. The van der Waals surface area contributed by atoms with Crippen LogP contribution in [0.15, 0.2) is 72.8 Å². The number of carboxylic acids is 1. The molecule has 0 atom stereocenters. The number of aliphatic carboxylic acids is 1. The minimum atomic E-state index is -0.935. The molecule has 3 nitrogen and oxygen atoms in total. The van der Waals surface area contributed by atoms with Gasteiger partial charge in [-0.05, 0) is 6.92 Å². The summed E-state index contributed by atoms with van der Waals surface area (Å²) in [5, 5.41) is 14.9. The van der Waals surface area contributed by atoms with Crippen LogP contribution < -0.4 is 0 Å². The quantitative estimate of drug-likeness (QED) is 0.483. The summed E-state index contributed by atoms with van der Waals surface area (Å²) in [6, 6.07) is 20.0. The van der Waals surface area contributed by atoms with Gasteiger partial charge in [-0.25, -0.2) is 16.9 Å². The first-order valence-corrected chi connectivity index (χ1v) is 5.31. The minimum Gasteiger partial charge on any atom is -0.748 e. The Hall–Kier alpha value is -1.61. The summed E-state index contributed by atoms with van der Waals surface area (Å²) in [7, 11) is 1.00. The summed E-state index contributed by atoms with van der Waals surface area (Å²) in [4.78, 5) is 9.60. The van der Waals surface area contributed by atoms with E-state index in [0.717, 1.165) is 7.11 Å². The Morgan fingerprint density at radius 1 is 1.00 bits per heavy atom. The molecule has 0 aliphatic carbocycles. The van der Waals surface area contributed by atoms with Crippen molar-refractivity contribution in [1.82, 2.24) is 0 Å². The Balaban J connectivity index is -0.000000185.